The summed E-state index contributed by atoms with van der Waals surface area (Å²) in [6.07, 6.45) is 2.97. The molecule has 0 spiro atoms. The molecule has 2 amide bonds. The van der Waals surface area contributed by atoms with Crippen molar-refractivity contribution >= 4 is 29.3 Å². The topological polar surface area (TPSA) is 53.1 Å². The van der Waals surface area contributed by atoms with Gasteiger partial charge in [0.05, 0.1) is 17.3 Å². The Morgan fingerprint density at radius 1 is 1.22 bits per heavy atom. The van der Waals surface area contributed by atoms with Crippen LogP contribution in [-0.2, 0) is 22.6 Å². The molecule has 27 heavy (non-hydrogen) atoms. The zero-order chi connectivity index (χ0) is 20.4. The fourth-order valence-electron chi connectivity index (χ4n) is 2.83. The van der Waals surface area contributed by atoms with Gasteiger partial charge >= 0.3 is 6.09 Å². The number of hydrogen-bond donors (Lipinski definition) is 0. The maximum absolute atomic E-state index is 12.5. The number of nitrogens with zero attached hydrogens (tertiary/aromatic N) is 3. The van der Waals surface area contributed by atoms with Gasteiger partial charge in [0.15, 0.2) is 0 Å². The van der Waals surface area contributed by atoms with E-state index in [9.17, 15) is 9.59 Å². The lowest BCUT2D eigenvalue weighted by atomic mass is 10.1. The smallest absolute Gasteiger partial charge is 0.410 e. The number of carbonyl (C=O) groups is 2. The van der Waals surface area contributed by atoms with Crippen LogP contribution in [0.4, 0.5) is 10.5 Å². The minimum Gasteiger partial charge on any atom is -0.444 e. The van der Waals surface area contributed by atoms with Crippen molar-refractivity contribution in [3.63, 3.8) is 0 Å². The lowest BCUT2D eigenvalue weighted by molar-refractivity contribution is -0.113. The summed E-state index contributed by atoms with van der Waals surface area (Å²) in [4.78, 5) is 30.1. The van der Waals surface area contributed by atoms with Gasteiger partial charge in [-0.25, -0.2) is 4.79 Å². The van der Waals surface area contributed by atoms with Crippen LogP contribution in [0, 0.1) is 0 Å². The van der Waals surface area contributed by atoms with Crippen molar-refractivity contribution in [1.82, 2.24) is 9.80 Å². The second-order valence-electron chi connectivity index (χ2n) is 7.93. The van der Waals surface area contributed by atoms with E-state index in [1.54, 1.807) is 18.0 Å². The monoisotopic (exact) mass is 393 g/mol. The molecule has 0 aromatic heterocycles. The molecule has 0 saturated carbocycles. The van der Waals surface area contributed by atoms with Crippen molar-refractivity contribution in [2.75, 3.05) is 32.6 Å². The summed E-state index contributed by atoms with van der Waals surface area (Å²) < 4.78 is 5.46. The zero-order valence-corrected chi connectivity index (χ0v) is 17.6. The predicted octanol–water partition coefficient (Wildman–Crippen LogP) is 3.67. The van der Waals surface area contributed by atoms with Gasteiger partial charge in [0.1, 0.15) is 5.60 Å². The average molecular weight is 394 g/mol. The molecule has 1 heterocycles. The lowest BCUT2D eigenvalue weighted by Crippen LogP contribution is -2.33. The number of rotatable bonds is 4. The molecular weight excluding hydrogens is 366 g/mol. The van der Waals surface area contributed by atoms with E-state index in [2.05, 4.69) is 0 Å². The predicted molar refractivity (Wildman–Crippen MR) is 108 cm³/mol. The summed E-state index contributed by atoms with van der Waals surface area (Å²) >= 11 is 6.40. The van der Waals surface area contributed by atoms with Crippen LogP contribution < -0.4 is 4.90 Å². The summed E-state index contributed by atoms with van der Waals surface area (Å²) in [5.41, 5.74) is 1.93. The maximum Gasteiger partial charge on any atom is 0.410 e. The van der Waals surface area contributed by atoms with Gasteiger partial charge in [0.25, 0.3) is 0 Å². The third-order valence-corrected chi connectivity index (χ3v) is 4.39. The largest absolute Gasteiger partial charge is 0.444 e. The van der Waals surface area contributed by atoms with Crippen LogP contribution in [0.25, 0.3) is 0 Å². The number of fused-ring (bicyclic) bond motifs is 1. The molecule has 2 rings (SSSR count). The first-order valence-corrected chi connectivity index (χ1v) is 9.24. The molecule has 1 aromatic carbocycles. The number of ether oxygens (including phenoxy) is 1. The first-order chi connectivity index (χ1) is 12.5. The Kier molecular flexibility index (Phi) is 6.54. The molecule has 0 N–H and O–H groups in total. The highest BCUT2D eigenvalue weighted by Crippen LogP contribution is 2.37. The molecule has 0 unspecified atom stereocenters. The Hall–Kier alpha value is -2.05. The lowest BCUT2D eigenvalue weighted by Gasteiger charge is -2.24. The van der Waals surface area contributed by atoms with Gasteiger partial charge in [0.2, 0.25) is 5.91 Å². The molecule has 1 aromatic rings. The average Bonchev–Trinajstić information content (AvgIpc) is 2.96. The fourth-order valence-corrected chi connectivity index (χ4v) is 3.13. The number of halogens is 1. The summed E-state index contributed by atoms with van der Waals surface area (Å²) in [7, 11) is 5.56. The third kappa shape index (κ3) is 5.47. The molecular formula is C20H28ClN3O3. The Bertz CT molecular complexity index is 754. The SMILES string of the molecule is CN(C)C/C=C/C(=O)N(C)c1c(Cl)ccc2c1CN(C(=O)OC(C)(C)C)C2. The van der Waals surface area contributed by atoms with E-state index in [0.29, 0.717) is 30.3 Å². The number of carbonyl (C=O) groups excluding carboxylic acids is 2. The fraction of sp³-hybridized carbons (Fsp3) is 0.500. The normalized spacial score (nSPS) is 14.0. The van der Waals surface area contributed by atoms with E-state index in [4.69, 9.17) is 16.3 Å². The van der Waals surface area contributed by atoms with Gasteiger partial charge in [-0.15, -0.1) is 0 Å². The maximum atomic E-state index is 12.5. The van der Waals surface area contributed by atoms with Crippen LogP contribution in [0.1, 0.15) is 31.9 Å². The minimum atomic E-state index is -0.559. The number of benzene rings is 1. The van der Waals surface area contributed by atoms with Crippen LogP contribution in [0.3, 0.4) is 0 Å². The van der Waals surface area contributed by atoms with E-state index in [0.717, 1.165) is 11.1 Å². The molecule has 0 atom stereocenters. The van der Waals surface area contributed by atoms with Gasteiger partial charge < -0.3 is 14.5 Å². The first kappa shape index (κ1) is 21.3. The van der Waals surface area contributed by atoms with Crippen LogP contribution in [0.15, 0.2) is 24.3 Å². The van der Waals surface area contributed by atoms with Gasteiger partial charge in [0, 0.05) is 31.8 Å². The van der Waals surface area contributed by atoms with Crippen LogP contribution in [0.5, 0.6) is 0 Å². The van der Waals surface area contributed by atoms with Crippen LogP contribution in [0.2, 0.25) is 5.02 Å². The van der Waals surface area contributed by atoms with Crippen molar-refractivity contribution in [1.29, 1.82) is 0 Å². The summed E-state index contributed by atoms with van der Waals surface area (Å²) in [5, 5.41) is 0.483. The molecule has 7 heteroatoms. The summed E-state index contributed by atoms with van der Waals surface area (Å²) in [6, 6.07) is 3.66. The minimum absolute atomic E-state index is 0.164. The Morgan fingerprint density at radius 2 is 1.89 bits per heavy atom. The van der Waals surface area contributed by atoms with Crippen molar-refractivity contribution in [2.45, 2.75) is 39.5 Å². The molecule has 0 bridgehead atoms. The summed E-state index contributed by atoms with van der Waals surface area (Å²) in [6.45, 7) is 6.98. The molecule has 0 aliphatic carbocycles. The molecule has 148 valence electrons. The second-order valence-corrected chi connectivity index (χ2v) is 8.34. The van der Waals surface area contributed by atoms with Crippen molar-refractivity contribution in [3.8, 4) is 0 Å². The Balaban J connectivity index is 2.22. The van der Waals surface area contributed by atoms with Crippen molar-refractivity contribution in [3.05, 3.63) is 40.4 Å². The van der Waals surface area contributed by atoms with E-state index >= 15 is 0 Å². The van der Waals surface area contributed by atoms with Gasteiger partial charge in [-0.1, -0.05) is 23.7 Å². The Labute approximate surface area is 166 Å². The molecule has 0 radical (unpaired) electrons. The first-order valence-electron chi connectivity index (χ1n) is 8.86. The van der Waals surface area contributed by atoms with E-state index in [1.807, 2.05) is 51.9 Å². The van der Waals surface area contributed by atoms with Crippen LogP contribution in [-0.4, -0.2) is 55.1 Å². The highest BCUT2D eigenvalue weighted by Gasteiger charge is 2.31. The van der Waals surface area contributed by atoms with Gasteiger partial charge in [-0.2, -0.15) is 0 Å². The molecule has 0 fully saturated rings. The van der Waals surface area contributed by atoms with E-state index in [-0.39, 0.29) is 12.0 Å². The molecule has 6 nitrogen and oxygen atoms in total. The third-order valence-electron chi connectivity index (χ3n) is 4.09. The standard InChI is InChI=1S/C20H28ClN3O3/c1-20(2,3)27-19(26)24-12-14-9-10-16(21)18(15(14)13-24)23(6)17(25)8-7-11-22(4)5/h7-10H,11-13H2,1-6H3/b8-7+. The summed E-state index contributed by atoms with van der Waals surface area (Å²) in [5.74, 6) is -0.164. The zero-order valence-electron chi connectivity index (χ0n) is 16.9. The quantitative estimate of drug-likeness (QED) is 0.732. The highest BCUT2D eigenvalue weighted by molar-refractivity contribution is 6.34. The van der Waals surface area contributed by atoms with Crippen molar-refractivity contribution < 1.29 is 14.3 Å². The number of hydrogen-bond acceptors (Lipinski definition) is 4. The Morgan fingerprint density at radius 3 is 2.48 bits per heavy atom. The van der Waals surface area contributed by atoms with Crippen molar-refractivity contribution in [2.24, 2.45) is 0 Å². The molecule has 1 aliphatic rings. The molecule has 0 saturated heterocycles. The number of anilines is 1. The second kappa shape index (κ2) is 8.31. The van der Waals surface area contributed by atoms with Gasteiger partial charge in [-0.3, -0.25) is 9.69 Å². The van der Waals surface area contributed by atoms with Gasteiger partial charge in [-0.05, 0) is 46.5 Å². The molecule has 1 aliphatic heterocycles. The number of amides is 2. The van der Waals surface area contributed by atoms with Crippen LogP contribution >= 0.6 is 11.6 Å². The highest BCUT2D eigenvalue weighted by atomic mass is 35.5. The number of likely N-dealkylation sites (N-methyl/N-ethyl adjacent to an activating group) is 2. The van der Waals surface area contributed by atoms with E-state index < -0.39 is 5.60 Å². The van der Waals surface area contributed by atoms with E-state index in [1.165, 1.54) is 11.0 Å².